The van der Waals surface area contributed by atoms with Crippen LogP contribution >= 0.6 is 11.6 Å². The first-order valence-electron chi connectivity index (χ1n) is 8.99. The second-order valence-corrected chi connectivity index (χ2v) is 6.50. The van der Waals surface area contributed by atoms with E-state index in [1.54, 1.807) is 61.0 Å². The van der Waals surface area contributed by atoms with Gasteiger partial charge in [-0.15, -0.1) is 0 Å². The summed E-state index contributed by atoms with van der Waals surface area (Å²) in [5, 5.41) is 7.47. The first-order valence-corrected chi connectivity index (χ1v) is 9.36. The van der Waals surface area contributed by atoms with Crippen LogP contribution in [0.1, 0.15) is 23.0 Å². The number of nitrogens with one attached hydrogen (secondary N) is 1. The summed E-state index contributed by atoms with van der Waals surface area (Å²) in [4.78, 5) is 24.2. The molecule has 150 valence electrons. The predicted molar refractivity (Wildman–Crippen MR) is 110 cm³/mol. The maximum Gasteiger partial charge on any atom is 0.341 e. The number of para-hydroxylation sites is 1. The Kier molecular flexibility index (Phi) is 6.51. The van der Waals surface area contributed by atoms with Gasteiger partial charge in [-0.05, 0) is 44.2 Å². The van der Waals surface area contributed by atoms with Crippen molar-refractivity contribution in [2.75, 3.05) is 18.5 Å². The predicted octanol–water partition coefficient (Wildman–Crippen LogP) is 4.03. The van der Waals surface area contributed by atoms with Gasteiger partial charge >= 0.3 is 5.97 Å². The number of hydrogen-bond acceptors (Lipinski definition) is 5. The highest BCUT2D eigenvalue weighted by molar-refractivity contribution is 6.32. The quantitative estimate of drug-likeness (QED) is 0.591. The van der Waals surface area contributed by atoms with Crippen LogP contribution in [0, 0.1) is 6.92 Å². The number of aromatic nitrogens is 2. The minimum Gasteiger partial charge on any atom is -0.482 e. The van der Waals surface area contributed by atoms with Crippen molar-refractivity contribution in [2.24, 2.45) is 0 Å². The summed E-state index contributed by atoms with van der Waals surface area (Å²) in [6.07, 6.45) is 1.47. The molecule has 0 unspecified atom stereocenters. The van der Waals surface area contributed by atoms with Crippen molar-refractivity contribution in [2.45, 2.75) is 13.8 Å². The number of hydrogen-bond donors (Lipinski definition) is 1. The standard InChI is InChI=1S/C21H20ClN3O4/c1-3-28-21(27)17-12-23-25(14(17)2)16-8-6-7-15(11-16)24-20(26)13-29-19-10-5-4-9-18(19)22/h4-12H,3,13H2,1-2H3,(H,24,26). The molecule has 3 aromatic rings. The molecule has 0 aliphatic rings. The van der Waals surface area contributed by atoms with E-state index in [2.05, 4.69) is 10.4 Å². The van der Waals surface area contributed by atoms with E-state index in [1.807, 2.05) is 6.07 Å². The van der Waals surface area contributed by atoms with Crippen LogP contribution in [0.25, 0.3) is 5.69 Å². The number of rotatable bonds is 7. The topological polar surface area (TPSA) is 82.5 Å². The second kappa shape index (κ2) is 9.25. The molecule has 0 saturated carbocycles. The zero-order chi connectivity index (χ0) is 20.8. The maximum absolute atomic E-state index is 12.2. The number of esters is 1. The zero-order valence-corrected chi connectivity index (χ0v) is 16.8. The van der Waals surface area contributed by atoms with Crippen LogP contribution in [0.5, 0.6) is 5.75 Å². The molecule has 8 heteroatoms. The van der Waals surface area contributed by atoms with Crippen molar-refractivity contribution in [3.8, 4) is 11.4 Å². The minimum absolute atomic E-state index is 0.179. The van der Waals surface area contributed by atoms with Gasteiger partial charge < -0.3 is 14.8 Å². The molecule has 0 atom stereocenters. The number of halogens is 1. The summed E-state index contributed by atoms with van der Waals surface area (Å²) in [5.74, 6) is -0.305. The average Bonchev–Trinajstić information content (AvgIpc) is 3.09. The van der Waals surface area contributed by atoms with E-state index in [4.69, 9.17) is 21.1 Å². The van der Waals surface area contributed by atoms with Crippen molar-refractivity contribution in [1.29, 1.82) is 0 Å². The molecule has 7 nitrogen and oxygen atoms in total. The summed E-state index contributed by atoms with van der Waals surface area (Å²) in [6, 6.07) is 14.1. The Bertz CT molecular complexity index is 1030. The van der Waals surface area contributed by atoms with Crippen LogP contribution < -0.4 is 10.1 Å². The van der Waals surface area contributed by atoms with E-state index in [0.29, 0.717) is 40.0 Å². The number of carbonyl (C=O) groups excluding carboxylic acids is 2. The molecule has 0 fully saturated rings. The van der Waals surface area contributed by atoms with Gasteiger partial charge in [0.15, 0.2) is 6.61 Å². The van der Waals surface area contributed by atoms with Gasteiger partial charge in [0.25, 0.3) is 5.91 Å². The summed E-state index contributed by atoms with van der Waals surface area (Å²) < 4.78 is 12.1. The Hall–Kier alpha value is -3.32. The fourth-order valence-corrected chi connectivity index (χ4v) is 2.89. The van der Waals surface area contributed by atoms with E-state index in [-0.39, 0.29) is 12.5 Å². The van der Waals surface area contributed by atoms with Crippen LogP contribution in [-0.4, -0.2) is 34.9 Å². The van der Waals surface area contributed by atoms with Gasteiger partial charge in [0.05, 0.1) is 29.2 Å². The van der Waals surface area contributed by atoms with E-state index in [0.717, 1.165) is 0 Å². The average molecular weight is 414 g/mol. The highest BCUT2D eigenvalue weighted by Crippen LogP contribution is 2.23. The third kappa shape index (κ3) is 4.94. The molecule has 0 spiro atoms. The molecule has 0 aliphatic heterocycles. The molecule has 1 heterocycles. The third-order valence-electron chi connectivity index (χ3n) is 4.08. The van der Waals surface area contributed by atoms with Crippen molar-refractivity contribution in [3.05, 3.63) is 71.0 Å². The van der Waals surface area contributed by atoms with Gasteiger partial charge in [-0.3, -0.25) is 4.79 Å². The first-order chi connectivity index (χ1) is 14.0. The first kappa shape index (κ1) is 20.4. The SMILES string of the molecule is CCOC(=O)c1cnn(-c2cccc(NC(=O)COc3ccccc3Cl)c2)c1C. The van der Waals surface area contributed by atoms with Crippen LogP contribution in [0.2, 0.25) is 5.02 Å². The molecule has 2 aromatic carbocycles. The van der Waals surface area contributed by atoms with Crippen molar-refractivity contribution >= 4 is 29.2 Å². The maximum atomic E-state index is 12.2. The lowest BCUT2D eigenvalue weighted by atomic mass is 10.2. The molecule has 0 bridgehead atoms. The Morgan fingerprint density at radius 1 is 1.17 bits per heavy atom. The van der Waals surface area contributed by atoms with Crippen LogP contribution in [-0.2, 0) is 9.53 Å². The van der Waals surface area contributed by atoms with E-state index < -0.39 is 5.97 Å². The Balaban J connectivity index is 1.69. The molecular weight excluding hydrogens is 394 g/mol. The Morgan fingerprint density at radius 3 is 2.72 bits per heavy atom. The summed E-state index contributed by atoms with van der Waals surface area (Å²) in [7, 11) is 0. The van der Waals surface area contributed by atoms with Gasteiger partial charge in [0.2, 0.25) is 0 Å². The zero-order valence-electron chi connectivity index (χ0n) is 16.0. The minimum atomic E-state index is -0.419. The molecule has 0 aliphatic carbocycles. The fraction of sp³-hybridized carbons (Fsp3) is 0.190. The number of nitrogens with zero attached hydrogens (tertiary/aromatic N) is 2. The lowest BCUT2D eigenvalue weighted by Gasteiger charge is -2.10. The number of ether oxygens (including phenoxy) is 2. The van der Waals surface area contributed by atoms with E-state index >= 15 is 0 Å². The van der Waals surface area contributed by atoms with E-state index in [1.165, 1.54) is 6.20 Å². The van der Waals surface area contributed by atoms with E-state index in [9.17, 15) is 9.59 Å². The molecule has 1 aromatic heterocycles. The summed E-state index contributed by atoms with van der Waals surface area (Å²) in [5.41, 5.74) is 2.31. The molecule has 1 N–H and O–H groups in total. The van der Waals surface area contributed by atoms with Gasteiger partial charge in [0.1, 0.15) is 11.3 Å². The largest absolute Gasteiger partial charge is 0.482 e. The molecule has 1 amide bonds. The number of benzene rings is 2. The highest BCUT2D eigenvalue weighted by atomic mass is 35.5. The lowest BCUT2D eigenvalue weighted by Crippen LogP contribution is -2.20. The van der Waals surface area contributed by atoms with Crippen LogP contribution in [0.3, 0.4) is 0 Å². The van der Waals surface area contributed by atoms with Crippen molar-refractivity contribution in [1.82, 2.24) is 9.78 Å². The van der Waals surface area contributed by atoms with Crippen LogP contribution in [0.15, 0.2) is 54.7 Å². The van der Waals surface area contributed by atoms with Gasteiger partial charge in [-0.2, -0.15) is 5.10 Å². The Morgan fingerprint density at radius 2 is 1.97 bits per heavy atom. The smallest absolute Gasteiger partial charge is 0.341 e. The lowest BCUT2D eigenvalue weighted by molar-refractivity contribution is -0.118. The normalized spacial score (nSPS) is 10.4. The monoisotopic (exact) mass is 413 g/mol. The third-order valence-corrected chi connectivity index (χ3v) is 4.39. The van der Waals surface area contributed by atoms with Gasteiger partial charge in [-0.25, -0.2) is 9.48 Å². The van der Waals surface area contributed by atoms with Gasteiger partial charge in [-0.1, -0.05) is 29.8 Å². The summed E-state index contributed by atoms with van der Waals surface area (Å²) >= 11 is 6.02. The molecule has 29 heavy (non-hydrogen) atoms. The fourth-order valence-electron chi connectivity index (χ4n) is 2.70. The molecule has 0 radical (unpaired) electrons. The molecular formula is C21H20ClN3O4. The van der Waals surface area contributed by atoms with Gasteiger partial charge in [0, 0.05) is 5.69 Å². The molecule has 3 rings (SSSR count). The highest BCUT2D eigenvalue weighted by Gasteiger charge is 2.16. The second-order valence-electron chi connectivity index (χ2n) is 6.09. The van der Waals surface area contributed by atoms with Crippen molar-refractivity contribution < 1.29 is 19.1 Å². The Labute approximate surface area is 173 Å². The molecule has 0 saturated heterocycles. The summed E-state index contributed by atoms with van der Waals surface area (Å²) in [6.45, 7) is 3.64. The number of anilines is 1. The number of amides is 1. The van der Waals surface area contributed by atoms with Crippen molar-refractivity contribution in [3.63, 3.8) is 0 Å². The number of carbonyl (C=O) groups is 2. The van der Waals surface area contributed by atoms with Crippen LogP contribution in [0.4, 0.5) is 5.69 Å².